The Kier molecular flexibility index (Phi) is 1.20. The van der Waals surface area contributed by atoms with E-state index in [9.17, 15) is 14.7 Å². The Bertz CT molecular complexity index is 283. The molecule has 0 amide bonds. The molecule has 2 unspecified atom stereocenters. The molecule has 0 spiro atoms. The van der Waals surface area contributed by atoms with Crippen LogP contribution in [0.15, 0.2) is 0 Å². The minimum absolute atomic E-state index is 0.0137. The Morgan fingerprint density at radius 2 is 1.62 bits per heavy atom. The lowest BCUT2D eigenvalue weighted by molar-refractivity contribution is -0.170. The molecule has 0 heterocycles. The molecule has 70 valence electrons. The van der Waals surface area contributed by atoms with E-state index in [1.54, 1.807) is 0 Å². The van der Waals surface area contributed by atoms with Gasteiger partial charge in [-0.3, -0.25) is 9.59 Å². The van der Waals surface area contributed by atoms with Gasteiger partial charge in [-0.05, 0) is 25.7 Å². The molecule has 3 nitrogen and oxygen atoms in total. The second kappa shape index (κ2) is 2.03. The molecule has 4 aliphatic carbocycles. The Morgan fingerprint density at radius 3 is 2.15 bits per heavy atom. The summed E-state index contributed by atoms with van der Waals surface area (Å²) in [6.45, 7) is 0. The van der Waals surface area contributed by atoms with Crippen molar-refractivity contribution in [1.29, 1.82) is 0 Å². The lowest BCUT2D eigenvalue weighted by Crippen LogP contribution is -2.59. The fourth-order valence-electron chi connectivity index (χ4n) is 3.40. The van der Waals surface area contributed by atoms with Gasteiger partial charge in [-0.2, -0.15) is 0 Å². The SMILES string of the molecule is O=C1C2CC3CC(O)(C2)CC1C3=O. The highest BCUT2D eigenvalue weighted by Gasteiger charge is 2.58. The average Bonchev–Trinajstić information content (AvgIpc) is 2.07. The highest BCUT2D eigenvalue weighted by Crippen LogP contribution is 2.52. The van der Waals surface area contributed by atoms with Gasteiger partial charge in [0.05, 0.1) is 11.5 Å². The number of rotatable bonds is 0. The predicted molar refractivity (Wildman–Crippen MR) is 43.9 cm³/mol. The molecular formula is C10H12O3. The number of hydrogen-bond donors (Lipinski definition) is 1. The quantitative estimate of drug-likeness (QED) is 0.546. The smallest absolute Gasteiger partial charge is 0.146 e. The molecule has 2 atom stereocenters. The third kappa shape index (κ3) is 0.831. The molecule has 0 radical (unpaired) electrons. The predicted octanol–water partition coefficient (Wildman–Crippen LogP) is 0.305. The van der Waals surface area contributed by atoms with Gasteiger partial charge in [0.15, 0.2) is 0 Å². The second-order valence-corrected chi connectivity index (χ2v) is 4.82. The van der Waals surface area contributed by atoms with Gasteiger partial charge in [-0.1, -0.05) is 0 Å². The molecule has 4 rings (SSSR count). The zero-order chi connectivity index (χ0) is 9.22. The molecule has 0 aromatic carbocycles. The Labute approximate surface area is 76.1 Å². The van der Waals surface area contributed by atoms with E-state index in [-0.39, 0.29) is 23.4 Å². The average molecular weight is 180 g/mol. The van der Waals surface area contributed by atoms with E-state index in [2.05, 4.69) is 0 Å². The van der Waals surface area contributed by atoms with Crippen molar-refractivity contribution in [3.63, 3.8) is 0 Å². The summed E-state index contributed by atoms with van der Waals surface area (Å²) in [6, 6.07) is 0. The fraction of sp³-hybridized carbons (Fsp3) is 0.800. The maximum Gasteiger partial charge on any atom is 0.146 e. The van der Waals surface area contributed by atoms with E-state index in [1.165, 1.54) is 0 Å². The van der Waals surface area contributed by atoms with Gasteiger partial charge in [-0.15, -0.1) is 0 Å². The van der Waals surface area contributed by atoms with Gasteiger partial charge in [0.1, 0.15) is 11.6 Å². The largest absolute Gasteiger partial charge is 0.390 e. The Balaban J connectivity index is 2.06. The Morgan fingerprint density at radius 1 is 1.08 bits per heavy atom. The van der Waals surface area contributed by atoms with E-state index in [1.807, 2.05) is 0 Å². The van der Waals surface area contributed by atoms with Crippen molar-refractivity contribution in [2.75, 3.05) is 0 Å². The summed E-state index contributed by atoms with van der Waals surface area (Å²) in [5.41, 5.74) is -0.680. The molecular weight excluding hydrogens is 168 g/mol. The van der Waals surface area contributed by atoms with Crippen LogP contribution in [0.3, 0.4) is 0 Å². The summed E-state index contributed by atoms with van der Waals surface area (Å²) in [5, 5.41) is 10.0. The zero-order valence-corrected chi connectivity index (χ0v) is 7.32. The van der Waals surface area contributed by atoms with Gasteiger partial charge < -0.3 is 5.11 Å². The molecule has 0 aliphatic heterocycles. The summed E-state index contributed by atoms with van der Waals surface area (Å²) >= 11 is 0. The first-order valence-corrected chi connectivity index (χ1v) is 4.89. The second-order valence-electron chi connectivity index (χ2n) is 4.82. The molecule has 3 heteroatoms. The highest BCUT2D eigenvalue weighted by atomic mass is 16.3. The van der Waals surface area contributed by atoms with Crippen LogP contribution >= 0.6 is 0 Å². The first-order valence-electron chi connectivity index (χ1n) is 4.89. The first-order chi connectivity index (χ1) is 6.09. The molecule has 4 aliphatic rings. The molecule has 0 aromatic rings. The van der Waals surface area contributed by atoms with Crippen LogP contribution in [0.5, 0.6) is 0 Å². The Hall–Kier alpha value is -0.700. The standard InChI is InChI=1S/C10H12O3/c11-8-5-1-6-3-10(13,2-5)4-7(8)9(6)12/h5-7,13H,1-4H2. The number of aliphatic hydroxyl groups is 1. The van der Waals surface area contributed by atoms with Crippen LogP contribution in [0, 0.1) is 17.8 Å². The van der Waals surface area contributed by atoms with Crippen molar-refractivity contribution in [3.8, 4) is 0 Å². The lowest BCUT2D eigenvalue weighted by atomic mass is 9.53. The monoisotopic (exact) mass is 180 g/mol. The van der Waals surface area contributed by atoms with Gasteiger partial charge in [0, 0.05) is 11.8 Å². The van der Waals surface area contributed by atoms with Crippen LogP contribution in [-0.4, -0.2) is 22.3 Å². The molecule has 1 N–H and O–H groups in total. The zero-order valence-electron chi connectivity index (χ0n) is 7.32. The summed E-state index contributed by atoms with van der Waals surface area (Å²) in [4.78, 5) is 23.2. The van der Waals surface area contributed by atoms with E-state index in [4.69, 9.17) is 0 Å². The topological polar surface area (TPSA) is 54.4 Å². The van der Waals surface area contributed by atoms with Crippen LogP contribution in [0.25, 0.3) is 0 Å². The van der Waals surface area contributed by atoms with Crippen molar-refractivity contribution in [1.82, 2.24) is 0 Å². The van der Waals surface area contributed by atoms with Crippen molar-refractivity contribution >= 4 is 11.6 Å². The summed E-state index contributed by atoms with van der Waals surface area (Å²) < 4.78 is 0. The maximum absolute atomic E-state index is 11.6. The lowest BCUT2D eigenvalue weighted by Gasteiger charge is -2.51. The van der Waals surface area contributed by atoms with Crippen LogP contribution in [0.1, 0.15) is 25.7 Å². The summed E-state index contributed by atoms with van der Waals surface area (Å²) in [6.07, 6.45) is 2.31. The number of ketones is 2. The number of Topliss-reactive ketones (excluding diaryl/α,β-unsaturated/α-hetero) is 2. The highest BCUT2D eigenvalue weighted by molar-refractivity contribution is 6.08. The molecule has 0 aromatic heterocycles. The van der Waals surface area contributed by atoms with E-state index in [0.717, 1.165) is 0 Å². The third-order valence-electron chi connectivity index (χ3n) is 3.90. The van der Waals surface area contributed by atoms with Crippen molar-refractivity contribution in [2.24, 2.45) is 17.8 Å². The minimum atomic E-state index is -0.680. The number of hydrogen-bond acceptors (Lipinski definition) is 3. The van der Waals surface area contributed by atoms with Crippen LogP contribution < -0.4 is 0 Å². The van der Waals surface area contributed by atoms with E-state index < -0.39 is 11.5 Å². The maximum atomic E-state index is 11.6. The van der Waals surface area contributed by atoms with Gasteiger partial charge >= 0.3 is 0 Å². The molecule has 13 heavy (non-hydrogen) atoms. The number of carbonyl (C=O) groups is 2. The fourth-order valence-corrected chi connectivity index (χ4v) is 3.40. The summed E-state index contributed by atoms with van der Waals surface area (Å²) in [5.74, 6) is -0.270. The van der Waals surface area contributed by atoms with E-state index >= 15 is 0 Å². The number of carbonyl (C=O) groups excluding carboxylic acids is 2. The molecule has 4 saturated carbocycles. The van der Waals surface area contributed by atoms with Crippen LogP contribution in [0.2, 0.25) is 0 Å². The molecule has 4 fully saturated rings. The molecule has 0 saturated heterocycles. The van der Waals surface area contributed by atoms with Gasteiger partial charge in [0.25, 0.3) is 0 Å². The van der Waals surface area contributed by atoms with Gasteiger partial charge in [-0.25, -0.2) is 0 Å². The minimum Gasteiger partial charge on any atom is -0.390 e. The van der Waals surface area contributed by atoms with Gasteiger partial charge in [0.2, 0.25) is 0 Å². The molecule has 4 bridgehead atoms. The van der Waals surface area contributed by atoms with Crippen molar-refractivity contribution in [2.45, 2.75) is 31.3 Å². The van der Waals surface area contributed by atoms with E-state index in [0.29, 0.717) is 25.7 Å². The van der Waals surface area contributed by atoms with Crippen LogP contribution in [-0.2, 0) is 9.59 Å². The first kappa shape index (κ1) is 7.68. The van der Waals surface area contributed by atoms with Crippen molar-refractivity contribution in [3.05, 3.63) is 0 Å². The van der Waals surface area contributed by atoms with Crippen LogP contribution in [0.4, 0.5) is 0 Å². The van der Waals surface area contributed by atoms with Crippen molar-refractivity contribution < 1.29 is 14.7 Å². The summed E-state index contributed by atoms with van der Waals surface area (Å²) in [7, 11) is 0. The normalized spacial score (nSPS) is 53.2. The third-order valence-corrected chi connectivity index (χ3v) is 3.90.